The second-order valence-electron chi connectivity index (χ2n) is 8.05. The van der Waals surface area contributed by atoms with Gasteiger partial charge in [-0.25, -0.2) is 0 Å². The van der Waals surface area contributed by atoms with Crippen LogP contribution in [0.25, 0.3) is 0 Å². The lowest BCUT2D eigenvalue weighted by Crippen LogP contribution is -2.32. The van der Waals surface area contributed by atoms with Crippen molar-refractivity contribution in [3.63, 3.8) is 0 Å². The Morgan fingerprint density at radius 3 is 2.65 bits per heavy atom. The molecule has 0 aliphatic carbocycles. The van der Waals surface area contributed by atoms with E-state index in [2.05, 4.69) is 77.5 Å². The van der Waals surface area contributed by atoms with Gasteiger partial charge in [-0.3, -0.25) is 4.98 Å². The molecule has 2 atom stereocenters. The van der Waals surface area contributed by atoms with Crippen LogP contribution in [-0.2, 0) is 0 Å². The van der Waals surface area contributed by atoms with Gasteiger partial charge in [-0.1, -0.05) is 35.5 Å². The van der Waals surface area contributed by atoms with Gasteiger partial charge in [-0.15, -0.1) is 0 Å². The molecule has 1 N–H and O–H groups in total. The number of hydrogen-bond acceptors (Lipinski definition) is 5. The molecular weight excluding hydrogens is 424 g/mol. The fraction of sp³-hybridized carbons (Fsp3) is 0.333. The SMILES string of the molecule is Cc1ccc(Sc2ccc([C@@H]3[C@@H](c4ccccn4)NC(=S)N3CCCN(C)C)o2)cc1. The first kappa shape index (κ1) is 21.9. The number of furan rings is 1. The molecule has 0 saturated carbocycles. The number of rotatable bonds is 8. The van der Waals surface area contributed by atoms with Crippen LogP contribution in [0.2, 0.25) is 0 Å². The van der Waals surface area contributed by atoms with E-state index in [1.165, 1.54) is 5.56 Å². The van der Waals surface area contributed by atoms with Crippen molar-refractivity contribution in [2.45, 2.75) is 35.4 Å². The lowest BCUT2D eigenvalue weighted by molar-refractivity contribution is 0.249. The van der Waals surface area contributed by atoms with E-state index in [1.807, 2.05) is 24.4 Å². The molecule has 0 unspecified atom stereocenters. The van der Waals surface area contributed by atoms with Gasteiger partial charge >= 0.3 is 0 Å². The number of pyridine rings is 1. The Kier molecular flexibility index (Phi) is 6.95. The van der Waals surface area contributed by atoms with E-state index in [-0.39, 0.29) is 12.1 Å². The molecule has 5 nitrogen and oxygen atoms in total. The quantitative estimate of drug-likeness (QED) is 0.479. The third-order valence-corrected chi connectivity index (χ3v) is 6.62. The number of nitrogens with one attached hydrogen (secondary N) is 1. The Labute approximate surface area is 193 Å². The highest BCUT2D eigenvalue weighted by Crippen LogP contribution is 2.41. The molecule has 4 rings (SSSR count). The first-order chi connectivity index (χ1) is 15.0. The Balaban J connectivity index is 1.59. The third-order valence-electron chi connectivity index (χ3n) is 5.34. The van der Waals surface area contributed by atoms with Crippen molar-refractivity contribution in [2.24, 2.45) is 0 Å². The second kappa shape index (κ2) is 9.85. The minimum Gasteiger partial charge on any atom is -0.452 e. The monoisotopic (exact) mass is 452 g/mol. The molecule has 1 aliphatic rings. The van der Waals surface area contributed by atoms with Gasteiger partial charge in [0.2, 0.25) is 0 Å². The molecule has 162 valence electrons. The summed E-state index contributed by atoms with van der Waals surface area (Å²) in [6.07, 6.45) is 2.85. The Morgan fingerprint density at radius 2 is 1.94 bits per heavy atom. The molecule has 7 heteroatoms. The molecule has 1 saturated heterocycles. The fourth-order valence-electron chi connectivity index (χ4n) is 3.78. The highest BCUT2D eigenvalue weighted by atomic mass is 32.2. The van der Waals surface area contributed by atoms with Crippen molar-refractivity contribution in [3.8, 4) is 0 Å². The van der Waals surface area contributed by atoms with Crippen molar-refractivity contribution >= 4 is 29.1 Å². The lowest BCUT2D eigenvalue weighted by Gasteiger charge is -2.26. The normalized spacial score (nSPS) is 18.6. The second-order valence-corrected chi connectivity index (χ2v) is 9.51. The van der Waals surface area contributed by atoms with E-state index in [4.69, 9.17) is 16.6 Å². The molecule has 1 fully saturated rings. The predicted molar refractivity (Wildman–Crippen MR) is 129 cm³/mol. The standard InChI is InChI=1S/C24H28N4OS2/c1-17-8-10-18(11-9-17)31-21-13-12-20(29-21)23-22(19-7-4-5-14-25-19)26-24(30)28(23)16-6-15-27(2)3/h4-5,7-14,22-23H,6,15-16H2,1-3H3,(H,26,30)/t22-,23-/m1/s1. The molecule has 1 aliphatic heterocycles. The minimum atomic E-state index is -0.0450. The molecule has 0 amide bonds. The molecular formula is C24H28N4OS2. The molecule has 1 aromatic carbocycles. The summed E-state index contributed by atoms with van der Waals surface area (Å²) in [6.45, 7) is 3.96. The smallest absolute Gasteiger partial charge is 0.170 e. The van der Waals surface area contributed by atoms with Gasteiger partial charge < -0.3 is 19.5 Å². The summed E-state index contributed by atoms with van der Waals surface area (Å²) >= 11 is 7.36. The number of hydrogen-bond donors (Lipinski definition) is 1. The summed E-state index contributed by atoms with van der Waals surface area (Å²) in [6, 6.07) is 18.5. The van der Waals surface area contributed by atoms with Gasteiger partial charge in [0.15, 0.2) is 10.2 Å². The maximum Gasteiger partial charge on any atom is 0.170 e. The average molecular weight is 453 g/mol. The summed E-state index contributed by atoms with van der Waals surface area (Å²) in [5.74, 6) is 0.905. The van der Waals surface area contributed by atoms with E-state index in [9.17, 15) is 0 Å². The van der Waals surface area contributed by atoms with E-state index in [0.29, 0.717) is 0 Å². The summed E-state index contributed by atoms with van der Waals surface area (Å²) < 4.78 is 6.34. The first-order valence-corrected chi connectivity index (χ1v) is 11.7. The molecule has 3 heterocycles. The Hall–Kier alpha value is -2.35. The Bertz CT molecular complexity index is 1000. The predicted octanol–water partition coefficient (Wildman–Crippen LogP) is 5.06. The highest BCUT2D eigenvalue weighted by Gasteiger charge is 2.41. The van der Waals surface area contributed by atoms with Crippen LogP contribution in [0.3, 0.4) is 0 Å². The summed E-state index contributed by atoms with van der Waals surface area (Å²) in [4.78, 5) is 10.2. The molecule has 0 spiro atoms. The van der Waals surface area contributed by atoms with Gasteiger partial charge in [-0.2, -0.15) is 0 Å². The maximum atomic E-state index is 6.34. The molecule has 0 radical (unpaired) electrons. The summed E-state index contributed by atoms with van der Waals surface area (Å²) in [5, 5.41) is 5.12. The topological polar surface area (TPSA) is 44.5 Å². The van der Waals surface area contributed by atoms with Crippen LogP contribution in [-0.4, -0.2) is 47.1 Å². The van der Waals surface area contributed by atoms with Crippen molar-refractivity contribution in [2.75, 3.05) is 27.2 Å². The van der Waals surface area contributed by atoms with Crippen LogP contribution in [0.5, 0.6) is 0 Å². The van der Waals surface area contributed by atoms with Gasteiger partial charge in [-0.05, 0) is 82.6 Å². The highest BCUT2D eigenvalue weighted by molar-refractivity contribution is 7.99. The van der Waals surface area contributed by atoms with Crippen LogP contribution in [0.1, 0.15) is 35.5 Å². The van der Waals surface area contributed by atoms with Crippen molar-refractivity contribution in [1.82, 2.24) is 20.1 Å². The van der Waals surface area contributed by atoms with E-state index < -0.39 is 0 Å². The summed E-state index contributed by atoms with van der Waals surface area (Å²) in [7, 11) is 4.19. The van der Waals surface area contributed by atoms with E-state index in [0.717, 1.165) is 46.1 Å². The van der Waals surface area contributed by atoms with Gasteiger partial charge in [0.25, 0.3) is 0 Å². The fourth-order valence-corrected chi connectivity index (χ4v) is 4.89. The number of aromatic nitrogens is 1. The molecule has 3 aromatic rings. The zero-order valence-electron chi connectivity index (χ0n) is 18.1. The van der Waals surface area contributed by atoms with Crippen molar-refractivity contribution < 1.29 is 4.42 Å². The molecule has 0 bridgehead atoms. The maximum absolute atomic E-state index is 6.34. The van der Waals surface area contributed by atoms with E-state index in [1.54, 1.807) is 11.8 Å². The number of aryl methyl sites for hydroxylation is 1. The average Bonchev–Trinajstić information content (AvgIpc) is 3.34. The lowest BCUT2D eigenvalue weighted by atomic mass is 10.0. The number of thiocarbonyl (C=S) groups is 1. The number of benzene rings is 1. The van der Waals surface area contributed by atoms with Crippen LogP contribution < -0.4 is 5.32 Å². The van der Waals surface area contributed by atoms with Crippen LogP contribution in [0.15, 0.2) is 75.2 Å². The van der Waals surface area contributed by atoms with E-state index >= 15 is 0 Å². The van der Waals surface area contributed by atoms with Crippen LogP contribution >= 0.6 is 24.0 Å². The first-order valence-electron chi connectivity index (χ1n) is 10.5. The van der Waals surface area contributed by atoms with Crippen LogP contribution in [0, 0.1) is 6.92 Å². The molecule has 31 heavy (non-hydrogen) atoms. The van der Waals surface area contributed by atoms with Crippen LogP contribution in [0.4, 0.5) is 0 Å². The Morgan fingerprint density at radius 1 is 1.13 bits per heavy atom. The van der Waals surface area contributed by atoms with Gasteiger partial charge in [0.05, 0.1) is 11.7 Å². The van der Waals surface area contributed by atoms with Gasteiger partial charge in [0, 0.05) is 17.6 Å². The largest absolute Gasteiger partial charge is 0.452 e. The third kappa shape index (κ3) is 5.29. The number of nitrogens with zero attached hydrogens (tertiary/aromatic N) is 3. The van der Waals surface area contributed by atoms with Crippen molar-refractivity contribution in [3.05, 3.63) is 77.8 Å². The van der Waals surface area contributed by atoms with Gasteiger partial charge in [0.1, 0.15) is 11.8 Å². The zero-order valence-corrected chi connectivity index (χ0v) is 19.7. The minimum absolute atomic E-state index is 0.0306. The summed E-state index contributed by atoms with van der Waals surface area (Å²) in [5.41, 5.74) is 2.22. The molecule has 2 aromatic heterocycles. The van der Waals surface area contributed by atoms with Crippen molar-refractivity contribution in [1.29, 1.82) is 0 Å². The zero-order chi connectivity index (χ0) is 21.8.